The van der Waals surface area contributed by atoms with E-state index in [1.165, 1.54) is 35.6 Å². The van der Waals surface area contributed by atoms with Crippen LogP contribution in [0.25, 0.3) is 10.6 Å². The molecule has 0 bridgehead atoms. The van der Waals surface area contributed by atoms with E-state index in [0.717, 1.165) is 10.6 Å². The van der Waals surface area contributed by atoms with Crippen molar-refractivity contribution in [3.63, 3.8) is 0 Å². The van der Waals surface area contributed by atoms with Gasteiger partial charge in [-0.3, -0.25) is 24.7 Å². The number of nitro groups is 1. The van der Waals surface area contributed by atoms with E-state index < -0.39 is 23.4 Å². The second kappa shape index (κ2) is 8.82. The molecule has 3 aromatic rings. The fraction of sp³-hybridized carbons (Fsp3) is 0.111. The first-order valence-corrected chi connectivity index (χ1v) is 8.94. The van der Waals surface area contributed by atoms with Gasteiger partial charge in [0.15, 0.2) is 6.61 Å². The summed E-state index contributed by atoms with van der Waals surface area (Å²) in [6, 6.07) is 9.14. The van der Waals surface area contributed by atoms with Gasteiger partial charge in [0.2, 0.25) is 0 Å². The Balaban J connectivity index is 1.49. The summed E-state index contributed by atoms with van der Waals surface area (Å²) in [4.78, 5) is 42.3. The first-order valence-electron chi connectivity index (χ1n) is 8.06. The molecule has 0 spiro atoms. The Bertz CT molecular complexity index is 1010. The molecular formula is C18H14N4O5S. The van der Waals surface area contributed by atoms with E-state index in [1.807, 2.05) is 6.07 Å². The van der Waals surface area contributed by atoms with Crippen LogP contribution < -0.4 is 5.32 Å². The summed E-state index contributed by atoms with van der Waals surface area (Å²) in [6.07, 6.45) is 3.27. The second-order valence-corrected chi connectivity index (χ2v) is 6.44. The van der Waals surface area contributed by atoms with Gasteiger partial charge in [0.05, 0.1) is 17.0 Å². The number of amides is 1. The van der Waals surface area contributed by atoms with Gasteiger partial charge in [0, 0.05) is 41.2 Å². The standard InChI is InChI=1S/C18H14N4O5S/c23-16(20-13-4-1-5-15(7-13)22(25)26)10-27-17(24)8-14-11-28-18(21-14)12-3-2-6-19-9-12/h1-7,9,11H,8,10H2,(H,20,23). The number of carbonyl (C=O) groups is 2. The van der Waals surface area contributed by atoms with Crippen LogP contribution in [0.2, 0.25) is 0 Å². The zero-order valence-electron chi connectivity index (χ0n) is 14.4. The Hall–Kier alpha value is -3.66. The zero-order valence-corrected chi connectivity index (χ0v) is 15.2. The van der Waals surface area contributed by atoms with Crippen molar-refractivity contribution >= 4 is 34.6 Å². The van der Waals surface area contributed by atoms with Crippen LogP contribution in [0.3, 0.4) is 0 Å². The zero-order chi connectivity index (χ0) is 19.9. The number of hydrogen-bond donors (Lipinski definition) is 1. The number of pyridine rings is 1. The molecule has 1 N–H and O–H groups in total. The van der Waals surface area contributed by atoms with Gasteiger partial charge in [-0.25, -0.2) is 4.98 Å². The number of hydrogen-bond acceptors (Lipinski definition) is 8. The van der Waals surface area contributed by atoms with Crippen LogP contribution in [0, 0.1) is 10.1 Å². The van der Waals surface area contributed by atoms with Gasteiger partial charge < -0.3 is 10.1 Å². The van der Waals surface area contributed by atoms with Gasteiger partial charge in [-0.05, 0) is 18.2 Å². The van der Waals surface area contributed by atoms with Gasteiger partial charge in [-0.15, -0.1) is 11.3 Å². The predicted octanol–water partition coefficient (Wildman–Crippen LogP) is 2.84. The first kappa shape index (κ1) is 19.1. The molecule has 1 amide bonds. The number of carbonyl (C=O) groups excluding carboxylic acids is 2. The number of nitrogens with zero attached hydrogens (tertiary/aromatic N) is 3. The summed E-state index contributed by atoms with van der Waals surface area (Å²) in [5.74, 6) is -1.19. The average molecular weight is 398 g/mol. The highest BCUT2D eigenvalue weighted by atomic mass is 32.1. The molecule has 9 nitrogen and oxygen atoms in total. The molecule has 1 aromatic carbocycles. The Labute approximate surface area is 163 Å². The van der Waals surface area contributed by atoms with E-state index >= 15 is 0 Å². The Kier molecular flexibility index (Phi) is 6.02. The quantitative estimate of drug-likeness (QED) is 0.368. The van der Waals surface area contributed by atoms with Crippen molar-refractivity contribution in [2.75, 3.05) is 11.9 Å². The molecule has 0 aliphatic heterocycles. The third-order valence-corrected chi connectivity index (χ3v) is 4.43. The lowest BCUT2D eigenvalue weighted by Crippen LogP contribution is -2.21. The number of nitro benzene ring substituents is 1. The third-order valence-electron chi connectivity index (χ3n) is 3.49. The SMILES string of the molecule is O=C(COC(=O)Cc1csc(-c2cccnc2)n1)Nc1cccc([N+](=O)[O-])c1. The number of anilines is 1. The predicted molar refractivity (Wildman–Crippen MR) is 102 cm³/mol. The van der Waals surface area contributed by atoms with Crippen LogP contribution in [-0.4, -0.2) is 33.4 Å². The molecule has 0 fully saturated rings. The van der Waals surface area contributed by atoms with Gasteiger partial charge >= 0.3 is 5.97 Å². The van der Waals surface area contributed by atoms with Crippen molar-refractivity contribution in [1.82, 2.24) is 9.97 Å². The van der Waals surface area contributed by atoms with Crippen LogP contribution >= 0.6 is 11.3 Å². The topological polar surface area (TPSA) is 124 Å². The van der Waals surface area contributed by atoms with E-state index in [-0.39, 0.29) is 17.8 Å². The number of rotatable bonds is 7. The largest absolute Gasteiger partial charge is 0.455 e. The van der Waals surface area contributed by atoms with Crippen molar-refractivity contribution in [3.8, 4) is 10.6 Å². The smallest absolute Gasteiger partial charge is 0.312 e. The molecule has 0 atom stereocenters. The molecule has 0 saturated heterocycles. The summed E-state index contributed by atoms with van der Waals surface area (Å²) >= 11 is 1.38. The third kappa shape index (κ3) is 5.17. The number of aromatic nitrogens is 2. The summed E-state index contributed by atoms with van der Waals surface area (Å²) in [5, 5.41) is 15.7. The van der Waals surface area contributed by atoms with Gasteiger partial charge in [0.1, 0.15) is 5.01 Å². The minimum absolute atomic E-state index is 0.0686. The van der Waals surface area contributed by atoms with Crippen LogP contribution in [-0.2, 0) is 20.7 Å². The van der Waals surface area contributed by atoms with Gasteiger partial charge in [0.25, 0.3) is 11.6 Å². The minimum atomic E-state index is -0.600. The Morgan fingerprint density at radius 2 is 2.11 bits per heavy atom. The van der Waals surface area contributed by atoms with E-state index in [0.29, 0.717) is 5.69 Å². The number of benzene rings is 1. The molecule has 0 aliphatic carbocycles. The van der Waals surface area contributed by atoms with E-state index in [4.69, 9.17) is 4.74 Å². The number of non-ortho nitro benzene ring substituents is 1. The molecular weight excluding hydrogens is 384 g/mol. The molecule has 0 unspecified atom stereocenters. The minimum Gasteiger partial charge on any atom is -0.455 e. The van der Waals surface area contributed by atoms with Crippen LogP contribution in [0.15, 0.2) is 54.2 Å². The molecule has 0 aliphatic rings. The summed E-state index contributed by atoms with van der Waals surface area (Å²) in [7, 11) is 0. The lowest BCUT2D eigenvalue weighted by molar-refractivity contribution is -0.384. The number of thiazole rings is 1. The van der Waals surface area contributed by atoms with Crippen LogP contribution in [0.5, 0.6) is 0 Å². The average Bonchev–Trinajstić information content (AvgIpc) is 3.16. The van der Waals surface area contributed by atoms with Gasteiger partial charge in [-0.1, -0.05) is 6.07 Å². The van der Waals surface area contributed by atoms with Crippen LogP contribution in [0.1, 0.15) is 5.69 Å². The summed E-state index contributed by atoms with van der Waals surface area (Å²) in [5.41, 5.74) is 1.48. The molecule has 0 radical (unpaired) electrons. The van der Waals surface area contributed by atoms with Gasteiger partial charge in [-0.2, -0.15) is 0 Å². The number of esters is 1. The maximum Gasteiger partial charge on any atom is 0.312 e. The maximum absolute atomic E-state index is 11.9. The fourth-order valence-electron chi connectivity index (χ4n) is 2.25. The lowest BCUT2D eigenvalue weighted by atomic mass is 10.3. The number of nitrogens with one attached hydrogen (secondary N) is 1. The monoisotopic (exact) mass is 398 g/mol. The van der Waals surface area contributed by atoms with Crippen LogP contribution in [0.4, 0.5) is 11.4 Å². The molecule has 2 aromatic heterocycles. The molecule has 0 saturated carbocycles. The maximum atomic E-state index is 11.9. The highest BCUT2D eigenvalue weighted by Crippen LogP contribution is 2.23. The first-order chi connectivity index (χ1) is 13.5. The van der Waals surface area contributed by atoms with Crippen molar-refractivity contribution in [3.05, 3.63) is 70.0 Å². The van der Waals surface area contributed by atoms with Crippen molar-refractivity contribution in [2.45, 2.75) is 6.42 Å². The van der Waals surface area contributed by atoms with Crippen molar-refractivity contribution < 1.29 is 19.2 Å². The molecule has 3 rings (SSSR count). The van der Waals surface area contributed by atoms with Crippen molar-refractivity contribution in [2.24, 2.45) is 0 Å². The molecule has 2 heterocycles. The highest BCUT2D eigenvalue weighted by Gasteiger charge is 2.13. The fourth-order valence-corrected chi connectivity index (χ4v) is 3.06. The molecule has 10 heteroatoms. The molecule has 28 heavy (non-hydrogen) atoms. The highest BCUT2D eigenvalue weighted by molar-refractivity contribution is 7.13. The summed E-state index contributed by atoms with van der Waals surface area (Å²) in [6.45, 7) is -0.499. The lowest BCUT2D eigenvalue weighted by Gasteiger charge is -2.06. The second-order valence-electron chi connectivity index (χ2n) is 5.58. The molecule has 142 valence electrons. The Morgan fingerprint density at radius 1 is 1.25 bits per heavy atom. The van der Waals surface area contributed by atoms with E-state index in [9.17, 15) is 19.7 Å². The summed E-state index contributed by atoms with van der Waals surface area (Å²) < 4.78 is 4.94. The van der Waals surface area contributed by atoms with E-state index in [2.05, 4.69) is 15.3 Å². The Morgan fingerprint density at radius 3 is 2.86 bits per heavy atom. The normalized spacial score (nSPS) is 10.3. The number of ether oxygens (including phenoxy) is 1. The van der Waals surface area contributed by atoms with Crippen molar-refractivity contribution in [1.29, 1.82) is 0 Å². The van der Waals surface area contributed by atoms with E-state index in [1.54, 1.807) is 23.8 Å².